The molecule has 1 aromatic carbocycles. The fourth-order valence-corrected chi connectivity index (χ4v) is 2.94. The largest absolute Gasteiger partial charge is 0.357 e. The van der Waals surface area contributed by atoms with E-state index in [1.807, 2.05) is 12.4 Å². The molecule has 0 fully saturated rings. The predicted octanol–water partition coefficient (Wildman–Crippen LogP) is 3.89. The average molecular weight is 444 g/mol. The predicted molar refractivity (Wildman–Crippen MR) is 110 cm³/mol. The Morgan fingerprint density at radius 3 is 2.52 bits per heavy atom. The fraction of sp³-hybridized carbons (Fsp3) is 0.412. The molecule has 0 radical (unpaired) electrons. The second kappa shape index (κ2) is 10.6. The van der Waals surface area contributed by atoms with Gasteiger partial charge in [0.25, 0.3) is 0 Å². The lowest BCUT2D eigenvalue weighted by Crippen LogP contribution is -2.36. The van der Waals surface area contributed by atoms with Crippen molar-refractivity contribution in [2.45, 2.75) is 40.3 Å². The summed E-state index contributed by atoms with van der Waals surface area (Å²) in [7, 11) is 0. The molecule has 6 heteroatoms. The van der Waals surface area contributed by atoms with Crippen LogP contribution in [0.2, 0.25) is 0 Å². The Bertz CT molecular complexity index is 625. The Balaban J connectivity index is 0.00000264. The first-order valence-corrected chi connectivity index (χ1v) is 8.60. The van der Waals surface area contributed by atoms with Gasteiger partial charge in [-0.15, -0.1) is 35.3 Å². The number of hydrogen-bond acceptors (Lipinski definition) is 3. The first-order valence-electron chi connectivity index (χ1n) is 7.72. The minimum Gasteiger partial charge on any atom is -0.357 e. The molecule has 4 nitrogen and oxygen atoms in total. The number of thiazole rings is 1. The van der Waals surface area contributed by atoms with Gasteiger partial charge in [0.15, 0.2) is 5.96 Å². The van der Waals surface area contributed by atoms with Crippen molar-refractivity contribution in [3.05, 3.63) is 51.5 Å². The summed E-state index contributed by atoms with van der Waals surface area (Å²) in [5, 5.41) is 6.68. The van der Waals surface area contributed by atoms with Gasteiger partial charge < -0.3 is 10.6 Å². The molecule has 1 aromatic heterocycles. The molecule has 0 amide bonds. The van der Waals surface area contributed by atoms with Crippen molar-refractivity contribution in [1.82, 2.24) is 15.6 Å². The molecule has 0 aliphatic carbocycles. The van der Waals surface area contributed by atoms with Crippen LogP contribution < -0.4 is 10.6 Å². The molecule has 2 N–H and O–H groups in total. The molecule has 0 spiro atoms. The van der Waals surface area contributed by atoms with Gasteiger partial charge in [-0.25, -0.2) is 9.98 Å². The zero-order valence-electron chi connectivity index (χ0n) is 13.9. The third-order valence-corrected chi connectivity index (χ3v) is 4.45. The third kappa shape index (κ3) is 6.10. The Kier molecular flexibility index (Phi) is 9.16. The summed E-state index contributed by atoms with van der Waals surface area (Å²) in [5.74, 6) is 0.848. The van der Waals surface area contributed by atoms with Crippen LogP contribution in [0.1, 0.15) is 35.5 Å². The zero-order chi connectivity index (χ0) is 15.8. The molecule has 0 aliphatic rings. The molecule has 0 atom stereocenters. The van der Waals surface area contributed by atoms with Gasteiger partial charge >= 0.3 is 0 Å². The Labute approximate surface area is 159 Å². The van der Waals surface area contributed by atoms with Crippen molar-refractivity contribution in [3.63, 3.8) is 0 Å². The van der Waals surface area contributed by atoms with Crippen molar-refractivity contribution in [2.24, 2.45) is 4.99 Å². The summed E-state index contributed by atoms with van der Waals surface area (Å²) < 4.78 is 0. The number of aliphatic imine (C=N–C) groups is 1. The molecule has 0 bridgehead atoms. The van der Waals surface area contributed by atoms with Gasteiger partial charge in [-0.1, -0.05) is 31.2 Å². The summed E-state index contributed by atoms with van der Waals surface area (Å²) in [5.41, 5.74) is 5.62. The number of halogens is 1. The first kappa shape index (κ1) is 19.9. The normalized spacial score (nSPS) is 11.0. The molecule has 0 unspecified atom stereocenters. The summed E-state index contributed by atoms with van der Waals surface area (Å²) in [6, 6.07) is 8.48. The number of benzene rings is 1. The van der Waals surface area contributed by atoms with E-state index in [0.717, 1.165) is 31.2 Å². The van der Waals surface area contributed by atoms with Crippen LogP contribution in [0.5, 0.6) is 0 Å². The highest BCUT2D eigenvalue weighted by atomic mass is 127. The molecule has 0 aliphatic heterocycles. The zero-order valence-corrected chi connectivity index (χ0v) is 17.1. The highest BCUT2D eigenvalue weighted by molar-refractivity contribution is 14.0. The van der Waals surface area contributed by atoms with E-state index < -0.39 is 0 Å². The van der Waals surface area contributed by atoms with Crippen LogP contribution in [0, 0.1) is 6.92 Å². The summed E-state index contributed by atoms with van der Waals surface area (Å²) in [4.78, 5) is 10.2. The van der Waals surface area contributed by atoms with Crippen molar-refractivity contribution >= 4 is 41.3 Å². The van der Waals surface area contributed by atoms with Gasteiger partial charge in [0.05, 0.1) is 24.3 Å². The van der Waals surface area contributed by atoms with E-state index >= 15 is 0 Å². The molecular weight excluding hydrogens is 419 g/mol. The van der Waals surface area contributed by atoms with Gasteiger partial charge in [0.2, 0.25) is 0 Å². The number of aryl methyl sites for hydroxylation is 2. The Morgan fingerprint density at radius 1 is 1.17 bits per heavy atom. The number of nitrogens with one attached hydrogen (secondary N) is 2. The second-order valence-electron chi connectivity index (χ2n) is 5.03. The lowest BCUT2D eigenvalue weighted by Gasteiger charge is -2.11. The van der Waals surface area contributed by atoms with E-state index in [2.05, 4.69) is 53.7 Å². The van der Waals surface area contributed by atoms with Crippen molar-refractivity contribution in [2.75, 3.05) is 6.54 Å². The maximum Gasteiger partial charge on any atom is 0.191 e. The average Bonchev–Trinajstić information content (AvgIpc) is 2.95. The third-order valence-electron chi connectivity index (χ3n) is 3.51. The van der Waals surface area contributed by atoms with Gasteiger partial charge in [0.1, 0.15) is 0 Å². The molecule has 0 saturated heterocycles. The second-order valence-corrected chi connectivity index (χ2v) is 5.97. The van der Waals surface area contributed by atoms with Crippen LogP contribution in [0.25, 0.3) is 0 Å². The number of nitrogens with zero attached hydrogens (tertiary/aromatic N) is 2. The molecule has 0 saturated carbocycles. The van der Waals surface area contributed by atoms with Crippen molar-refractivity contribution in [3.8, 4) is 0 Å². The van der Waals surface area contributed by atoms with Crippen LogP contribution in [0.4, 0.5) is 0 Å². The Morgan fingerprint density at radius 2 is 1.91 bits per heavy atom. The number of guanidine groups is 1. The van der Waals surface area contributed by atoms with Crippen LogP contribution in [-0.2, 0) is 19.5 Å². The first-order chi connectivity index (χ1) is 10.7. The monoisotopic (exact) mass is 444 g/mol. The summed E-state index contributed by atoms with van der Waals surface area (Å²) >= 11 is 1.67. The lowest BCUT2D eigenvalue weighted by atomic mass is 10.1. The van der Waals surface area contributed by atoms with Gasteiger partial charge in [-0.2, -0.15) is 0 Å². The van der Waals surface area contributed by atoms with Crippen LogP contribution in [0.3, 0.4) is 0 Å². The van der Waals surface area contributed by atoms with Gasteiger partial charge in [-0.3, -0.25) is 0 Å². The van der Waals surface area contributed by atoms with Crippen molar-refractivity contribution in [1.29, 1.82) is 0 Å². The van der Waals surface area contributed by atoms with E-state index in [-0.39, 0.29) is 24.0 Å². The van der Waals surface area contributed by atoms with Gasteiger partial charge in [0, 0.05) is 11.4 Å². The summed E-state index contributed by atoms with van der Waals surface area (Å²) in [6.07, 6.45) is 1.04. The van der Waals surface area contributed by atoms with Crippen LogP contribution in [-0.4, -0.2) is 17.5 Å². The highest BCUT2D eigenvalue weighted by Gasteiger charge is 2.04. The molecular formula is C17H25IN4S. The van der Waals surface area contributed by atoms with E-state index in [4.69, 9.17) is 4.99 Å². The Hall–Kier alpha value is -1.15. The van der Waals surface area contributed by atoms with E-state index in [1.165, 1.54) is 16.0 Å². The maximum atomic E-state index is 4.70. The standard InChI is InChI=1S/C17H24N4S.HI/c1-4-14-8-6-7-9-15(14)10-19-17(18-5-2)20-11-16-13(3)21-12-22-16;/h6-9,12H,4-5,10-11H2,1-3H3,(H2,18,19,20);1H. The minimum atomic E-state index is 0. The smallest absolute Gasteiger partial charge is 0.191 e. The SMILES string of the molecule is CCNC(=NCc1ccccc1CC)NCc1scnc1C.I. The number of rotatable bonds is 6. The van der Waals surface area contributed by atoms with Crippen LogP contribution in [0.15, 0.2) is 34.8 Å². The molecule has 23 heavy (non-hydrogen) atoms. The molecule has 2 rings (SSSR count). The van der Waals surface area contributed by atoms with Crippen LogP contribution >= 0.6 is 35.3 Å². The molecule has 2 aromatic rings. The fourth-order valence-electron chi connectivity index (χ4n) is 2.22. The topological polar surface area (TPSA) is 49.3 Å². The summed E-state index contributed by atoms with van der Waals surface area (Å²) in [6.45, 7) is 8.60. The van der Waals surface area contributed by atoms with E-state index in [0.29, 0.717) is 6.54 Å². The quantitative estimate of drug-likeness (QED) is 0.404. The number of aromatic nitrogens is 1. The number of hydrogen-bond donors (Lipinski definition) is 2. The maximum absolute atomic E-state index is 4.70. The lowest BCUT2D eigenvalue weighted by molar-refractivity contribution is 0.817. The molecule has 126 valence electrons. The van der Waals surface area contributed by atoms with Gasteiger partial charge in [-0.05, 0) is 31.4 Å². The van der Waals surface area contributed by atoms with E-state index in [9.17, 15) is 0 Å². The highest BCUT2D eigenvalue weighted by Crippen LogP contribution is 2.12. The van der Waals surface area contributed by atoms with Crippen molar-refractivity contribution < 1.29 is 0 Å². The van der Waals surface area contributed by atoms with E-state index in [1.54, 1.807) is 11.3 Å². The minimum absolute atomic E-state index is 0. The molecule has 1 heterocycles.